The van der Waals surface area contributed by atoms with Crippen LogP contribution in [0.5, 0.6) is 0 Å². The number of fused-ring (bicyclic) bond motifs is 1. The molecule has 2 aromatic heterocycles. The van der Waals surface area contributed by atoms with Crippen molar-refractivity contribution in [3.8, 4) is 0 Å². The standard InChI is InChI=1S/C10H10ClN3O2/c1-5(2)14-9-6(4-13-14)8(11)7(3-12-9)10(15)16/h3-5H,1-2H3,(H,15,16). The first-order valence-corrected chi connectivity index (χ1v) is 5.15. The molecule has 84 valence electrons. The van der Waals surface area contributed by atoms with Gasteiger partial charge in [-0.15, -0.1) is 0 Å². The SMILES string of the molecule is CC(C)n1ncc2c(Cl)c(C(=O)O)cnc21. The van der Waals surface area contributed by atoms with Crippen LogP contribution in [-0.2, 0) is 0 Å². The van der Waals surface area contributed by atoms with E-state index in [0.717, 1.165) is 0 Å². The van der Waals surface area contributed by atoms with Gasteiger partial charge in [-0.25, -0.2) is 14.5 Å². The zero-order valence-electron chi connectivity index (χ0n) is 8.81. The fourth-order valence-corrected chi connectivity index (χ4v) is 1.76. The number of carboxylic acid groups (broad SMARTS) is 1. The average molecular weight is 240 g/mol. The van der Waals surface area contributed by atoms with E-state index in [2.05, 4.69) is 10.1 Å². The lowest BCUT2D eigenvalue weighted by Gasteiger charge is -2.06. The minimum absolute atomic E-state index is 0.00234. The molecule has 2 heterocycles. The number of pyridine rings is 1. The summed E-state index contributed by atoms with van der Waals surface area (Å²) in [6.45, 7) is 3.93. The first-order chi connectivity index (χ1) is 7.52. The Hall–Kier alpha value is -1.62. The summed E-state index contributed by atoms with van der Waals surface area (Å²) in [4.78, 5) is 14.9. The van der Waals surface area contributed by atoms with E-state index in [1.54, 1.807) is 4.68 Å². The van der Waals surface area contributed by atoms with Crippen LogP contribution in [0.25, 0.3) is 11.0 Å². The van der Waals surface area contributed by atoms with Crippen LogP contribution in [0, 0.1) is 0 Å². The van der Waals surface area contributed by atoms with E-state index in [9.17, 15) is 4.79 Å². The minimum atomic E-state index is -1.09. The molecule has 5 nitrogen and oxygen atoms in total. The summed E-state index contributed by atoms with van der Waals surface area (Å²) in [5, 5.41) is 13.8. The Morgan fingerprint density at radius 3 is 2.75 bits per heavy atom. The molecule has 0 aromatic carbocycles. The van der Waals surface area contributed by atoms with Gasteiger partial charge in [0.1, 0.15) is 0 Å². The zero-order chi connectivity index (χ0) is 11.9. The van der Waals surface area contributed by atoms with Gasteiger partial charge in [0.15, 0.2) is 5.65 Å². The third-order valence-electron chi connectivity index (χ3n) is 2.28. The molecule has 0 aliphatic heterocycles. The maximum atomic E-state index is 10.9. The summed E-state index contributed by atoms with van der Waals surface area (Å²) < 4.78 is 1.70. The quantitative estimate of drug-likeness (QED) is 0.874. The monoisotopic (exact) mass is 239 g/mol. The van der Waals surface area contributed by atoms with E-state index < -0.39 is 5.97 Å². The number of hydrogen-bond donors (Lipinski definition) is 1. The highest BCUT2D eigenvalue weighted by atomic mass is 35.5. The van der Waals surface area contributed by atoms with Crippen molar-refractivity contribution in [3.63, 3.8) is 0 Å². The topological polar surface area (TPSA) is 68.0 Å². The van der Waals surface area contributed by atoms with Crippen molar-refractivity contribution in [1.82, 2.24) is 14.8 Å². The molecule has 0 amide bonds. The summed E-state index contributed by atoms with van der Waals surface area (Å²) >= 11 is 5.98. The number of nitrogens with zero attached hydrogens (tertiary/aromatic N) is 3. The van der Waals surface area contributed by atoms with Crippen molar-refractivity contribution in [3.05, 3.63) is 23.0 Å². The predicted octanol–water partition coefficient (Wildman–Crippen LogP) is 2.36. The van der Waals surface area contributed by atoms with Gasteiger partial charge in [-0.3, -0.25) is 0 Å². The van der Waals surface area contributed by atoms with Crippen LogP contribution in [0.1, 0.15) is 30.2 Å². The van der Waals surface area contributed by atoms with Crippen molar-refractivity contribution in [2.75, 3.05) is 0 Å². The van der Waals surface area contributed by atoms with Crippen molar-refractivity contribution in [2.45, 2.75) is 19.9 Å². The Bertz CT molecular complexity index is 562. The lowest BCUT2D eigenvalue weighted by Crippen LogP contribution is -2.04. The number of carboxylic acids is 1. The van der Waals surface area contributed by atoms with Gasteiger partial charge in [0.05, 0.1) is 22.2 Å². The van der Waals surface area contributed by atoms with Crippen LogP contribution < -0.4 is 0 Å². The second-order valence-electron chi connectivity index (χ2n) is 3.71. The fourth-order valence-electron chi connectivity index (χ4n) is 1.49. The Labute approximate surface area is 96.7 Å². The Morgan fingerprint density at radius 2 is 2.19 bits per heavy atom. The van der Waals surface area contributed by atoms with Gasteiger partial charge in [0, 0.05) is 12.2 Å². The van der Waals surface area contributed by atoms with Crippen LogP contribution in [0.15, 0.2) is 12.4 Å². The summed E-state index contributed by atoms with van der Waals surface area (Å²) in [5.74, 6) is -1.09. The molecule has 0 unspecified atom stereocenters. The number of aromatic nitrogens is 3. The molecular weight excluding hydrogens is 230 g/mol. The lowest BCUT2D eigenvalue weighted by molar-refractivity contribution is 0.0697. The molecule has 16 heavy (non-hydrogen) atoms. The van der Waals surface area contributed by atoms with E-state index in [1.165, 1.54) is 12.4 Å². The third kappa shape index (κ3) is 1.53. The van der Waals surface area contributed by atoms with E-state index >= 15 is 0 Å². The smallest absolute Gasteiger partial charge is 0.338 e. The average Bonchev–Trinajstić information content (AvgIpc) is 2.61. The largest absolute Gasteiger partial charge is 0.478 e. The second kappa shape index (κ2) is 3.75. The van der Waals surface area contributed by atoms with Gasteiger partial charge in [0.2, 0.25) is 0 Å². The van der Waals surface area contributed by atoms with Crippen LogP contribution in [0.2, 0.25) is 5.02 Å². The van der Waals surface area contributed by atoms with Crippen LogP contribution in [0.4, 0.5) is 0 Å². The van der Waals surface area contributed by atoms with Gasteiger partial charge in [-0.2, -0.15) is 5.10 Å². The Balaban J connectivity index is 2.73. The molecule has 0 aliphatic carbocycles. The first kappa shape index (κ1) is 10.9. The predicted molar refractivity (Wildman–Crippen MR) is 59.9 cm³/mol. The Morgan fingerprint density at radius 1 is 1.50 bits per heavy atom. The van der Waals surface area contributed by atoms with E-state index in [1.807, 2.05) is 13.8 Å². The van der Waals surface area contributed by atoms with E-state index in [0.29, 0.717) is 11.0 Å². The Kier molecular flexibility index (Phi) is 2.55. The van der Waals surface area contributed by atoms with Crippen molar-refractivity contribution in [1.29, 1.82) is 0 Å². The normalized spacial score (nSPS) is 11.2. The number of hydrogen-bond acceptors (Lipinski definition) is 3. The maximum Gasteiger partial charge on any atom is 0.338 e. The first-order valence-electron chi connectivity index (χ1n) is 4.77. The van der Waals surface area contributed by atoms with Gasteiger partial charge in [-0.1, -0.05) is 11.6 Å². The third-order valence-corrected chi connectivity index (χ3v) is 2.68. The highest BCUT2D eigenvalue weighted by Crippen LogP contribution is 2.26. The number of carbonyl (C=O) groups is 1. The van der Waals surface area contributed by atoms with Crippen molar-refractivity contribution >= 4 is 28.6 Å². The molecule has 0 radical (unpaired) electrons. The van der Waals surface area contributed by atoms with Gasteiger partial charge >= 0.3 is 5.97 Å². The van der Waals surface area contributed by atoms with Gasteiger partial charge < -0.3 is 5.11 Å². The van der Waals surface area contributed by atoms with Gasteiger partial charge in [0.25, 0.3) is 0 Å². The van der Waals surface area contributed by atoms with Gasteiger partial charge in [-0.05, 0) is 13.8 Å². The molecule has 0 fully saturated rings. The summed E-state index contributed by atoms with van der Waals surface area (Å²) in [5.41, 5.74) is 0.600. The van der Waals surface area contributed by atoms with E-state index in [4.69, 9.17) is 16.7 Å². The molecule has 0 saturated carbocycles. The molecule has 0 atom stereocenters. The maximum absolute atomic E-state index is 10.9. The fraction of sp³-hybridized carbons (Fsp3) is 0.300. The number of aromatic carboxylic acids is 1. The molecule has 0 spiro atoms. The zero-order valence-corrected chi connectivity index (χ0v) is 9.56. The molecule has 2 aromatic rings. The highest BCUT2D eigenvalue weighted by Gasteiger charge is 2.16. The molecule has 6 heteroatoms. The lowest BCUT2D eigenvalue weighted by atomic mass is 10.2. The molecule has 0 aliphatic rings. The molecule has 0 saturated heterocycles. The van der Waals surface area contributed by atoms with Crippen molar-refractivity contribution in [2.24, 2.45) is 0 Å². The summed E-state index contributed by atoms with van der Waals surface area (Å²) in [6.07, 6.45) is 2.80. The van der Waals surface area contributed by atoms with Crippen LogP contribution >= 0.6 is 11.6 Å². The number of rotatable bonds is 2. The number of halogens is 1. The molecule has 2 rings (SSSR count). The highest BCUT2D eigenvalue weighted by molar-refractivity contribution is 6.37. The van der Waals surface area contributed by atoms with Crippen LogP contribution in [0.3, 0.4) is 0 Å². The van der Waals surface area contributed by atoms with Crippen LogP contribution in [-0.4, -0.2) is 25.8 Å². The van der Waals surface area contributed by atoms with Crippen molar-refractivity contribution < 1.29 is 9.90 Å². The minimum Gasteiger partial charge on any atom is -0.478 e. The second-order valence-corrected chi connectivity index (χ2v) is 4.09. The summed E-state index contributed by atoms with van der Waals surface area (Å²) in [6, 6.07) is 0.150. The molecule has 1 N–H and O–H groups in total. The molecular formula is C10H10ClN3O2. The molecule has 0 bridgehead atoms. The summed E-state index contributed by atoms with van der Waals surface area (Å²) in [7, 11) is 0. The van der Waals surface area contributed by atoms with E-state index in [-0.39, 0.29) is 16.6 Å².